The first-order valence-electron chi connectivity index (χ1n) is 9.58. The van der Waals surface area contributed by atoms with Crippen molar-refractivity contribution in [3.05, 3.63) is 77.9 Å². The maximum Gasteiger partial charge on any atom is 0.225 e. The molecule has 1 aliphatic heterocycles. The highest BCUT2D eigenvalue weighted by atomic mass is 35.5. The summed E-state index contributed by atoms with van der Waals surface area (Å²) in [6, 6.07) is 13.4. The molecular formula is C22H24ClFN4O2. The zero-order chi connectivity index (χ0) is 20.2. The Balaban J connectivity index is 0.00000256. The van der Waals surface area contributed by atoms with Gasteiger partial charge >= 0.3 is 0 Å². The van der Waals surface area contributed by atoms with Gasteiger partial charge in [0.1, 0.15) is 17.3 Å². The van der Waals surface area contributed by atoms with Gasteiger partial charge in [0.15, 0.2) is 0 Å². The lowest BCUT2D eigenvalue weighted by Crippen LogP contribution is -2.33. The summed E-state index contributed by atoms with van der Waals surface area (Å²) in [5.41, 5.74) is 2.06. The smallest absolute Gasteiger partial charge is 0.225 e. The number of aryl methyl sites for hydroxylation is 1. The molecule has 0 unspecified atom stereocenters. The van der Waals surface area contributed by atoms with Crippen LogP contribution in [-0.4, -0.2) is 28.8 Å². The fraction of sp³-hybridized carbons (Fsp3) is 0.273. The first-order valence-corrected chi connectivity index (χ1v) is 9.58. The monoisotopic (exact) mass is 430 g/mol. The van der Waals surface area contributed by atoms with E-state index in [4.69, 9.17) is 4.74 Å². The van der Waals surface area contributed by atoms with Crippen LogP contribution < -0.4 is 15.4 Å². The Hall–Kier alpha value is -2.90. The van der Waals surface area contributed by atoms with Gasteiger partial charge in [-0.2, -0.15) is 5.10 Å². The Kier molecular flexibility index (Phi) is 7.07. The van der Waals surface area contributed by atoms with E-state index in [1.807, 2.05) is 43.7 Å². The molecule has 1 saturated heterocycles. The molecule has 158 valence electrons. The van der Waals surface area contributed by atoms with Crippen molar-refractivity contribution in [2.45, 2.75) is 12.5 Å². The van der Waals surface area contributed by atoms with Gasteiger partial charge in [-0.3, -0.25) is 9.48 Å². The van der Waals surface area contributed by atoms with Crippen molar-refractivity contribution < 1.29 is 13.9 Å². The van der Waals surface area contributed by atoms with Crippen LogP contribution in [0.25, 0.3) is 0 Å². The molecule has 2 heterocycles. The third kappa shape index (κ3) is 5.17. The highest BCUT2D eigenvalue weighted by Gasteiger charge is 2.34. The van der Waals surface area contributed by atoms with E-state index in [1.165, 1.54) is 12.1 Å². The minimum absolute atomic E-state index is 0. The van der Waals surface area contributed by atoms with Crippen molar-refractivity contribution in [1.29, 1.82) is 0 Å². The van der Waals surface area contributed by atoms with Gasteiger partial charge in [0.05, 0.1) is 12.1 Å². The zero-order valence-corrected chi connectivity index (χ0v) is 17.4. The molecule has 1 fully saturated rings. The van der Waals surface area contributed by atoms with Crippen LogP contribution in [0.3, 0.4) is 0 Å². The summed E-state index contributed by atoms with van der Waals surface area (Å²) < 4.78 is 20.4. The second-order valence-electron chi connectivity index (χ2n) is 7.24. The van der Waals surface area contributed by atoms with Gasteiger partial charge in [0.2, 0.25) is 5.91 Å². The van der Waals surface area contributed by atoms with E-state index in [-0.39, 0.29) is 36.0 Å². The van der Waals surface area contributed by atoms with E-state index in [0.29, 0.717) is 24.6 Å². The molecule has 1 aliphatic rings. The Bertz CT molecular complexity index is 976. The molecule has 0 spiro atoms. The number of hydrogen-bond donors (Lipinski definition) is 2. The number of aromatic nitrogens is 2. The average Bonchev–Trinajstić information content (AvgIpc) is 3.38. The number of amides is 1. The predicted octanol–water partition coefficient (Wildman–Crippen LogP) is 3.39. The molecule has 2 atom stereocenters. The van der Waals surface area contributed by atoms with Crippen LogP contribution in [0.2, 0.25) is 0 Å². The first kappa shape index (κ1) is 21.8. The first-order chi connectivity index (χ1) is 14.1. The molecule has 3 aromatic rings. The molecule has 0 aliphatic carbocycles. The van der Waals surface area contributed by atoms with Gasteiger partial charge in [-0.05, 0) is 47.5 Å². The molecule has 2 N–H and O–H groups in total. The number of halogens is 2. The van der Waals surface area contributed by atoms with Gasteiger partial charge < -0.3 is 15.4 Å². The third-order valence-corrected chi connectivity index (χ3v) is 5.14. The van der Waals surface area contributed by atoms with Crippen molar-refractivity contribution in [3.63, 3.8) is 0 Å². The summed E-state index contributed by atoms with van der Waals surface area (Å²) in [5.74, 6) is 0.989. The van der Waals surface area contributed by atoms with E-state index in [9.17, 15) is 9.18 Å². The van der Waals surface area contributed by atoms with Crippen molar-refractivity contribution in [3.8, 4) is 11.5 Å². The normalized spacial score (nSPS) is 17.9. The predicted molar refractivity (Wildman–Crippen MR) is 114 cm³/mol. The van der Waals surface area contributed by atoms with Crippen molar-refractivity contribution in [2.24, 2.45) is 13.0 Å². The van der Waals surface area contributed by atoms with Crippen LogP contribution in [0.15, 0.2) is 60.9 Å². The summed E-state index contributed by atoms with van der Waals surface area (Å²) >= 11 is 0. The fourth-order valence-corrected chi connectivity index (χ4v) is 3.57. The molecule has 1 amide bonds. The molecule has 0 bridgehead atoms. The van der Waals surface area contributed by atoms with Crippen LogP contribution in [0.4, 0.5) is 4.39 Å². The lowest BCUT2D eigenvalue weighted by atomic mass is 9.90. The molecular weight excluding hydrogens is 407 g/mol. The minimum Gasteiger partial charge on any atom is -0.457 e. The highest BCUT2D eigenvalue weighted by molar-refractivity contribution is 5.85. The second-order valence-corrected chi connectivity index (χ2v) is 7.24. The molecule has 0 radical (unpaired) electrons. The fourth-order valence-electron chi connectivity index (χ4n) is 3.57. The van der Waals surface area contributed by atoms with Crippen LogP contribution in [0.5, 0.6) is 11.5 Å². The number of nitrogens with zero attached hydrogens (tertiary/aromatic N) is 2. The number of ether oxygens (including phenoxy) is 1. The Labute approximate surface area is 180 Å². The molecule has 8 heteroatoms. The van der Waals surface area contributed by atoms with Crippen LogP contribution in [-0.2, 0) is 18.4 Å². The molecule has 6 nitrogen and oxygen atoms in total. The summed E-state index contributed by atoms with van der Waals surface area (Å²) in [7, 11) is 1.88. The molecule has 1 aromatic heterocycles. The van der Waals surface area contributed by atoms with Crippen LogP contribution in [0, 0.1) is 11.7 Å². The topological polar surface area (TPSA) is 68.2 Å². The second kappa shape index (κ2) is 9.73. The van der Waals surface area contributed by atoms with Crippen LogP contribution >= 0.6 is 12.4 Å². The maximum atomic E-state index is 13.0. The lowest BCUT2D eigenvalue weighted by Gasteiger charge is -2.17. The molecule has 30 heavy (non-hydrogen) atoms. The van der Waals surface area contributed by atoms with Crippen molar-refractivity contribution in [1.82, 2.24) is 20.4 Å². The number of rotatable bonds is 6. The van der Waals surface area contributed by atoms with Crippen molar-refractivity contribution in [2.75, 3.05) is 13.1 Å². The van der Waals surface area contributed by atoms with E-state index < -0.39 is 0 Å². The average molecular weight is 431 g/mol. The van der Waals surface area contributed by atoms with Gasteiger partial charge in [-0.15, -0.1) is 12.4 Å². The number of benzene rings is 2. The molecule has 0 saturated carbocycles. The van der Waals surface area contributed by atoms with Crippen LogP contribution in [0.1, 0.15) is 17.0 Å². The number of hydrogen-bond acceptors (Lipinski definition) is 4. The van der Waals surface area contributed by atoms with Gasteiger partial charge in [-0.1, -0.05) is 12.1 Å². The zero-order valence-electron chi connectivity index (χ0n) is 16.5. The number of nitrogens with one attached hydrogen (secondary N) is 2. The lowest BCUT2D eigenvalue weighted by molar-refractivity contribution is -0.125. The van der Waals surface area contributed by atoms with Crippen molar-refractivity contribution >= 4 is 18.3 Å². The van der Waals surface area contributed by atoms with E-state index in [1.54, 1.807) is 16.8 Å². The van der Waals surface area contributed by atoms with Gasteiger partial charge in [-0.25, -0.2) is 4.39 Å². The summed E-state index contributed by atoms with van der Waals surface area (Å²) in [6.07, 6.45) is 3.80. The maximum absolute atomic E-state index is 13.0. The molecule has 4 rings (SSSR count). The quantitative estimate of drug-likeness (QED) is 0.629. The summed E-state index contributed by atoms with van der Waals surface area (Å²) in [5, 5.41) is 10.6. The Morgan fingerprint density at radius 2 is 1.83 bits per heavy atom. The SMILES string of the molecule is Cl.Cn1cc([C@H]2CNC[C@@H]2C(=O)NCc2ccc(Oc3ccc(F)cc3)cc2)cn1. The minimum atomic E-state index is -0.299. The third-order valence-electron chi connectivity index (χ3n) is 5.14. The highest BCUT2D eigenvalue weighted by Crippen LogP contribution is 2.28. The summed E-state index contributed by atoms with van der Waals surface area (Å²) in [4.78, 5) is 12.7. The van der Waals surface area contributed by atoms with Gasteiger partial charge in [0, 0.05) is 38.8 Å². The number of carbonyl (C=O) groups excluding carboxylic acids is 1. The van der Waals surface area contributed by atoms with Gasteiger partial charge in [0.25, 0.3) is 0 Å². The number of carbonyl (C=O) groups is 1. The standard InChI is InChI=1S/C22H23FN4O2.ClH/c1-27-14-16(11-26-27)20-12-24-13-21(20)22(28)25-10-15-2-6-18(7-3-15)29-19-8-4-17(23)5-9-19;/h2-9,11,14,20-21,24H,10,12-13H2,1H3,(H,25,28);1H/t20-,21+;/m1./s1. The largest absolute Gasteiger partial charge is 0.457 e. The van der Waals surface area contributed by atoms with E-state index in [0.717, 1.165) is 17.7 Å². The Morgan fingerprint density at radius 1 is 1.17 bits per heavy atom. The summed E-state index contributed by atoms with van der Waals surface area (Å²) in [6.45, 7) is 1.89. The van der Waals surface area contributed by atoms with E-state index >= 15 is 0 Å². The Morgan fingerprint density at radius 3 is 2.47 bits per heavy atom. The molecule has 2 aromatic carbocycles. The van der Waals surface area contributed by atoms with E-state index in [2.05, 4.69) is 15.7 Å².